The first-order valence-electron chi connectivity index (χ1n) is 5.87. The molecule has 1 rings (SSSR count). The maximum absolute atomic E-state index is 11.5. The van der Waals surface area contributed by atoms with Crippen molar-refractivity contribution in [3.05, 3.63) is 22.9 Å². The van der Waals surface area contributed by atoms with Crippen LogP contribution < -0.4 is 11.0 Å². The van der Waals surface area contributed by atoms with Crippen molar-refractivity contribution in [1.82, 2.24) is 14.5 Å². The summed E-state index contributed by atoms with van der Waals surface area (Å²) < 4.78 is 3.37. The van der Waals surface area contributed by atoms with E-state index in [0.717, 1.165) is 25.9 Å². The Kier molecular flexibility index (Phi) is 4.35. The van der Waals surface area contributed by atoms with Crippen LogP contribution in [0.4, 0.5) is 0 Å². The minimum absolute atomic E-state index is 0.0729. The molecule has 1 N–H and O–H groups in total. The van der Waals surface area contributed by atoms with Crippen LogP contribution in [-0.2, 0) is 13.6 Å². The Morgan fingerprint density at radius 2 is 1.94 bits per heavy atom. The van der Waals surface area contributed by atoms with Gasteiger partial charge in [-0.2, -0.15) is 0 Å². The Hall–Kier alpha value is -1.03. The molecule has 0 saturated carbocycles. The van der Waals surface area contributed by atoms with Gasteiger partial charge in [-0.25, -0.2) is 4.79 Å². The van der Waals surface area contributed by atoms with Gasteiger partial charge in [-0.05, 0) is 40.2 Å². The van der Waals surface area contributed by atoms with Crippen molar-refractivity contribution in [3.8, 4) is 0 Å². The summed E-state index contributed by atoms with van der Waals surface area (Å²) in [6, 6.07) is 0. The standard InChI is InChI=1S/C12H23N3O/c1-12(2,3)13-7-5-6-8-15-10-9-14(4)11(15)16/h9-10,13H,5-8H2,1-4H3. The van der Waals surface area contributed by atoms with E-state index in [1.54, 1.807) is 22.4 Å². The summed E-state index contributed by atoms with van der Waals surface area (Å²) in [5, 5.41) is 3.44. The van der Waals surface area contributed by atoms with Gasteiger partial charge in [0.15, 0.2) is 0 Å². The zero-order valence-electron chi connectivity index (χ0n) is 10.8. The monoisotopic (exact) mass is 225 g/mol. The quantitative estimate of drug-likeness (QED) is 0.768. The first kappa shape index (κ1) is 13.0. The van der Waals surface area contributed by atoms with Crippen LogP contribution in [0.2, 0.25) is 0 Å². The third-order valence-corrected chi connectivity index (χ3v) is 2.50. The molecule has 0 bridgehead atoms. The van der Waals surface area contributed by atoms with Gasteiger partial charge in [0.05, 0.1) is 0 Å². The molecule has 0 unspecified atom stereocenters. The molecule has 0 saturated heterocycles. The maximum Gasteiger partial charge on any atom is 0.327 e. The highest BCUT2D eigenvalue weighted by Crippen LogP contribution is 1.99. The van der Waals surface area contributed by atoms with Gasteiger partial charge >= 0.3 is 5.69 Å². The number of aromatic nitrogens is 2. The van der Waals surface area contributed by atoms with Crippen molar-refractivity contribution in [3.63, 3.8) is 0 Å². The van der Waals surface area contributed by atoms with E-state index in [1.165, 1.54) is 0 Å². The highest BCUT2D eigenvalue weighted by molar-refractivity contribution is 4.79. The van der Waals surface area contributed by atoms with Gasteiger partial charge in [-0.3, -0.25) is 4.57 Å². The summed E-state index contributed by atoms with van der Waals surface area (Å²) in [4.78, 5) is 11.5. The number of rotatable bonds is 5. The Labute approximate surface area is 97.3 Å². The summed E-state index contributed by atoms with van der Waals surface area (Å²) >= 11 is 0. The molecule has 1 heterocycles. The fraction of sp³-hybridized carbons (Fsp3) is 0.750. The van der Waals surface area contributed by atoms with Crippen molar-refractivity contribution in [2.24, 2.45) is 7.05 Å². The predicted molar refractivity (Wildman–Crippen MR) is 66.7 cm³/mol. The number of imidazole rings is 1. The van der Waals surface area contributed by atoms with Crippen LogP contribution in [0.15, 0.2) is 17.2 Å². The zero-order chi connectivity index (χ0) is 12.2. The summed E-state index contributed by atoms with van der Waals surface area (Å²) in [5.41, 5.74) is 0.257. The molecule has 4 nitrogen and oxygen atoms in total. The second-order valence-corrected chi connectivity index (χ2v) is 5.27. The van der Waals surface area contributed by atoms with E-state index in [2.05, 4.69) is 26.1 Å². The average molecular weight is 225 g/mol. The van der Waals surface area contributed by atoms with Crippen LogP contribution in [0.3, 0.4) is 0 Å². The molecule has 0 spiro atoms. The summed E-state index contributed by atoms with van der Waals surface area (Å²) in [5.74, 6) is 0. The summed E-state index contributed by atoms with van der Waals surface area (Å²) in [6.45, 7) is 8.30. The topological polar surface area (TPSA) is 39.0 Å². The first-order chi connectivity index (χ1) is 7.40. The van der Waals surface area contributed by atoms with Gasteiger partial charge in [-0.15, -0.1) is 0 Å². The van der Waals surface area contributed by atoms with E-state index in [9.17, 15) is 4.79 Å². The molecule has 0 aliphatic rings. The Balaban J connectivity index is 2.22. The molecule has 0 amide bonds. The van der Waals surface area contributed by atoms with Gasteiger partial charge in [0, 0.05) is 31.5 Å². The number of hydrogen-bond donors (Lipinski definition) is 1. The largest absolute Gasteiger partial charge is 0.327 e. The lowest BCUT2D eigenvalue weighted by atomic mass is 10.1. The Morgan fingerprint density at radius 1 is 1.25 bits per heavy atom. The second kappa shape index (κ2) is 5.34. The van der Waals surface area contributed by atoms with Gasteiger partial charge in [0.25, 0.3) is 0 Å². The second-order valence-electron chi connectivity index (χ2n) is 5.27. The minimum atomic E-state index is 0.0729. The van der Waals surface area contributed by atoms with Crippen molar-refractivity contribution in [2.75, 3.05) is 6.54 Å². The molecule has 92 valence electrons. The Bertz CT molecular complexity index is 370. The molecule has 0 aliphatic heterocycles. The highest BCUT2D eigenvalue weighted by atomic mass is 16.1. The van der Waals surface area contributed by atoms with E-state index < -0.39 is 0 Å². The van der Waals surface area contributed by atoms with E-state index in [4.69, 9.17) is 0 Å². The molecule has 0 radical (unpaired) electrons. The molecule has 1 aromatic rings. The molecule has 0 fully saturated rings. The summed E-state index contributed by atoms with van der Waals surface area (Å²) in [6.07, 6.45) is 5.78. The highest BCUT2D eigenvalue weighted by Gasteiger charge is 2.07. The van der Waals surface area contributed by atoms with E-state index >= 15 is 0 Å². The number of aryl methyl sites for hydroxylation is 2. The van der Waals surface area contributed by atoms with E-state index in [-0.39, 0.29) is 11.2 Å². The van der Waals surface area contributed by atoms with Gasteiger partial charge < -0.3 is 9.88 Å². The molecule has 0 aliphatic carbocycles. The van der Waals surface area contributed by atoms with E-state index in [1.807, 2.05) is 6.20 Å². The van der Waals surface area contributed by atoms with Gasteiger partial charge in [0.2, 0.25) is 0 Å². The van der Waals surface area contributed by atoms with Crippen LogP contribution >= 0.6 is 0 Å². The number of unbranched alkanes of at least 4 members (excludes halogenated alkanes) is 1. The molecule has 0 atom stereocenters. The lowest BCUT2D eigenvalue weighted by Gasteiger charge is -2.20. The van der Waals surface area contributed by atoms with Gasteiger partial charge in [0.1, 0.15) is 0 Å². The fourth-order valence-corrected chi connectivity index (χ4v) is 1.55. The smallest absolute Gasteiger partial charge is 0.312 e. The molecule has 4 heteroatoms. The van der Waals surface area contributed by atoms with Crippen LogP contribution in [-0.4, -0.2) is 21.2 Å². The molecular formula is C12H23N3O. The first-order valence-corrected chi connectivity index (χ1v) is 5.87. The summed E-state index contributed by atoms with van der Waals surface area (Å²) in [7, 11) is 1.78. The molecule has 0 aromatic carbocycles. The van der Waals surface area contributed by atoms with Crippen LogP contribution in [0.5, 0.6) is 0 Å². The predicted octanol–water partition coefficient (Wildman–Crippen LogP) is 1.36. The van der Waals surface area contributed by atoms with Crippen molar-refractivity contribution >= 4 is 0 Å². The van der Waals surface area contributed by atoms with Crippen molar-refractivity contribution < 1.29 is 0 Å². The third kappa shape index (κ3) is 4.23. The third-order valence-electron chi connectivity index (χ3n) is 2.50. The average Bonchev–Trinajstić information content (AvgIpc) is 2.47. The zero-order valence-corrected chi connectivity index (χ0v) is 10.8. The maximum atomic E-state index is 11.5. The Morgan fingerprint density at radius 3 is 2.44 bits per heavy atom. The van der Waals surface area contributed by atoms with Gasteiger partial charge in [-0.1, -0.05) is 0 Å². The lowest BCUT2D eigenvalue weighted by Crippen LogP contribution is -2.36. The van der Waals surface area contributed by atoms with Crippen molar-refractivity contribution in [2.45, 2.75) is 45.7 Å². The van der Waals surface area contributed by atoms with E-state index in [0.29, 0.717) is 0 Å². The number of nitrogens with zero attached hydrogens (tertiary/aromatic N) is 2. The van der Waals surface area contributed by atoms with Crippen molar-refractivity contribution in [1.29, 1.82) is 0 Å². The minimum Gasteiger partial charge on any atom is -0.312 e. The van der Waals surface area contributed by atoms with Crippen LogP contribution in [0.25, 0.3) is 0 Å². The SMILES string of the molecule is Cn1ccn(CCCCNC(C)(C)C)c1=O. The molecule has 16 heavy (non-hydrogen) atoms. The lowest BCUT2D eigenvalue weighted by molar-refractivity contribution is 0.413. The number of hydrogen-bond acceptors (Lipinski definition) is 2. The molecule has 1 aromatic heterocycles. The molecular weight excluding hydrogens is 202 g/mol. The normalized spacial score (nSPS) is 12.0. The number of nitrogens with one attached hydrogen (secondary N) is 1. The van der Waals surface area contributed by atoms with Crippen LogP contribution in [0, 0.1) is 0 Å². The van der Waals surface area contributed by atoms with Crippen LogP contribution in [0.1, 0.15) is 33.6 Å². The fourth-order valence-electron chi connectivity index (χ4n) is 1.55.